The Bertz CT molecular complexity index is 328. The highest BCUT2D eigenvalue weighted by Gasteiger charge is 2.09. The van der Waals surface area contributed by atoms with Gasteiger partial charge in [-0.3, -0.25) is 4.79 Å². The summed E-state index contributed by atoms with van der Waals surface area (Å²) in [6.45, 7) is 1.57. The third-order valence-corrected chi connectivity index (χ3v) is 2.63. The van der Waals surface area contributed by atoms with Crippen LogP contribution >= 0.6 is 27.5 Å². The van der Waals surface area contributed by atoms with Crippen molar-refractivity contribution in [1.29, 1.82) is 0 Å². The normalized spacial score (nSPS) is 10.2. The molecule has 1 nitrogen and oxygen atoms in total. The minimum Gasteiger partial charge on any atom is -0.293 e. The van der Waals surface area contributed by atoms with E-state index in [4.69, 9.17) is 11.6 Å². The lowest BCUT2D eigenvalue weighted by atomic mass is 10.1. The van der Waals surface area contributed by atoms with Gasteiger partial charge in [0.15, 0.2) is 5.78 Å². The summed E-state index contributed by atoms with van der Waals surface area (Å²) in [6.07, 6.45) is 0. The molecule has 0 atom stereocenters. The molecule has 70 valence electrons. The van der Waals surface area contributed by atoms with Crippen molar-refractivity contribution in [2.24, 2.45) is 0 Å². The van der Waals surface area contributed by atoms with Crippen molar-refractivity contribution in [3.05, 3.63) is 34.1 Å². The first-order valence-corrected chi connectivity index (χ1v) is 5.11. The molecule has 0 aliphatic carbocycles. The molecule has 4 heteroatoms. The lowest BCUT2D eigenvalue weighted by molar-refractivity contribution is 0.102. The molecule has 1 rings (SSSR count). The fourth-order valence-corrected chi connectivity index (χ4v) is 1.41. The molecule has 0 fully saturated rings. The van der Waals surface area contributed by atoms with E-state index in [9.17, 15) is 9.18 Å². The number of carbonyl (C=O) groups is 1. The van der Waals surface area contributed by atoms with Crippen LogP contribution in [-0.2, 0) is 0 Å². The van der Waals surface area contributed by atoms with Gasteiger partial charge in [-0.25, -0.2) is 4.39 Å². The summed E-state index contributed by atoms with van der Waals surface area (Å²) < 4.78 is 13.1. The van der Waals surface area contributed by atoms with Gasteiger partial charge in [-0.05, 0) is 19.1 Å². The van der Waals surface area contributed by atoms with Gasteiger partial charge in [-0.2, -0.15) is 0 Å². The van der Waals surface area contributed by atoms with Crippen LogP contribution in [0.4, 0.5) is 4.39 Å². The zero-order valence-electron chi connectivity index (χ0n) is 6.90. The number of hydrogen-bond acceptors (Lipinski definition) is 1. The quantitative estimate of drug-likeness (QED) is 0.592. The second-order valence-electron chi connectivity index (χ2n) is 2.62. The summed E-state index contributed by atoms with van der Waals surface area (Å²) >= 11 is 8.72. The van der Waals surface area contributed by atoms with Gasteiger partial charge in [0.05, 0.1) is 5.33 Å². The molecule has 0 heterocycles. The Kier molecular flexibility index (Phi) is 3.45. The maximum absolute atomic E-state index is 13.1. The molecular formula is C9H7BrClFO. The predicted octanol–water partition coefficient (Wildman–Crippen LogP) is 3.37. The first-order chi connectivity index (χ1) is 6.06. The van der Waals surface area contributed by atoms with Crippen LogP contribution in [0, 0.1) is 12.7 Å². The third kappa shape index (κ3) is 2.29. The van der Waals surface area contributed by atoms with E-state index in [1.54, 1.807) is 6.92 Å². The van der Waals surface area contributed by atoms with E-state index in [0.717, 1.165) is 0 Å². The minimum absolute atomic E-state index is 0.172. The molecule has 0 aromatic heterocycles. The smallest absolute Gasteiger partial charge is 0.173 e. The number of carbonyl (C=O) groups excluding carboxylic acids is 1. The van der Waals surface area contributed by atoms with E-state index in [1.807, 2.05) is 0 Å². The Morgan fingerprint density at radius 3 is 2.69 bits per heavy atom. The van der Waals surface area contributed by atoms with Gasteiger partial charge in [-0.15, -0.1) is 0 Å². The minimum atomic E-state index is -0.447. The number of hydrogen-bond donors (Lipinski definition) is 0. The van der Waals surface area contributed by atoms with Crippen LogP contribution in [0.2, 0.25) is 5.02 Å². The van der Waals surface area contributed by atoms with Gasteiger partial charge in [-0.1, -0.05) is 27.5 Å². The molecule has 0 bridgehead atoms. The van der Waals surface area contributed by atoms with E-state index in [-0.39, 0.29) is 16.1 Å². The lowest BCUT2D eigenvalue weighted by Gasteiger charge is -2.02. The average molecular weight is 266 g/mol. The average Bonchev–Trinajstić information content (AvgIpc) is 2.12. The Labute approximate surface area is 89.0 Å². The van der Waals surface area contributed by atoms with Gasteiger partial charge >= 0.3 is 0 Å². The molecular weight excluding hydrogens is 258 g/mol. The maximum Gasteiger partial charge on any atom is 0.173 e. The van der Waals surface area contributed by atoms with Gasteiger partial charge in [0.25, 0.3) is 0 Å². The molecule has 0 spiro atoms. The number of ketones is 1. The van der Waals surface area contributed by atoms with E-state index in [2.05, 4.69) is 15.9 Å². The number of Topliss-reactive ketones (excluding diaryl/α,β-unsaturated/α-hetero) is 1. The van der Waals surface area contributed by atoms with Crippen molar-refractivity contribution < 1.29 is 9.18 Å². The van der Waals surface area contributed by atoms with Gasteiger partial charge in [0.2, 0.25) is 0 Å². The van der Waals surface area contributed by atoms with Crippen LogP contribution in [0.25, 0.3) is 0 Å². The molecule has 1 aromatic carbocycles. The van der Waals surface area contributed by atoms with Crippen molar-refractivity contribution in [2.45, 2.75) is 6.92 Å². The van der Waals surface area contributed by atoms with Crippen molar-refractivity contribution in [3.8, 4) is 0 Å². The largest absolute Gasteiger partial charge is 0.293 e. The fraction of sp³-hybridized carbons (Fsp3) is 0.222. The second kappa shape index (κ2) is 4.20. The summed E-state index contributed by atoms with van der Waals surface area (Å²) in [6, 6.07) is 2.67. The van der Waals surface area contributed by atoms with Crippen molar-refractivity contribution in [2.75, 3.05) is 5.33 Å². The maximum atomic E-state index is 13.1. The summed E-state index contributed by atoms with van der Waals surface area (Å²) in [5.74, 6) is -0.627. The molecule has 0 aliphatic rings. The lowest BCUT2D eigenvalue weighted by Crippen LogP contribution is -2.01. The molecule has 0 amide bonds. The SMILES string of the molecule is Cc1c(F)cc(C(=O)CBr)cc1Cl. The molecule has 0 radical (unpaired) electrons. The Morgan fingerprint density at radius 2 is 2.23 bits per heavy atom. The van der Waals surface area contributed by atoms with E-state index < -0.39 is 5.82 Å². The summed E-state index contributed by atoms with van der Waals surface area (Å²) in [5.41, 5.74) is 0.665. The van der Waals surface area contributed by atoms with E-state index in [1.165, 1.54) is 12.1 Å². The van der Waals surface area contributed by atoms with Crippen LogP contribution in [0.1, 0.15) is 15.9 Å². The van der Waals surface area contributed by atoms with Crippen LogP contribution in [0.15, 0.2) is 12.1 Å². The molecule has 0 saturated carbocycles. The first-order valence-electron chi connectivity index (χ1n) is 3.61. The Balaban J connectivity index is 3.20. The Hall–Kier alpha value is -0.410. The van der Waals surface area contributed by atoms with Gasteiger partial charge in [0, 0.05) is 16.1 Å². The number of halogens is 3. The van der Waals surface area contributed by atoms with Gasteiger partial charge in [0.1, 0.15) is 5.82 Å². The highest BCUT2D eigenvalue weighted by molar-refractivity contribution is 9.09. The van der Waals surface area contributed by atoms with E-state index in [0.29, 0.717) is 11.1 Å². The van der Waals surface area contributed by atoms with Crippen molar-refractivity contribution in [1.82, 2.24) is 0 Å². The van der Waals surface area contributed by atoms with Gasteiger partial charge < -0.3 is 0 Å². The highest BCUT2D eigenvalue weighted by atomic mass is 79.9. The summed E-state index contributed by atoms with van der Waals surface area (Å²) in [4.78, 5) is 11.2. The number of benzene rings is 1. The first kappa shape index (κ1) is 10.7. The zero-order valence-corrected chi connectivity index (χ0v) is 9.25. The molecule has 1 aromatic rings. The molecule has 0 aliphatic heterocycles. The molecule has 0 N–H and O–H groups in total. The number of alkyl halides is 1. The Morgan fingerprint density at radius 1 is 1.62 bits per heavy atom. The number of rotatable bonds is 2. The van der Waals surface area contributed by atoms with Crippen LogP contribution in [0.5, 0.6) is 0 Å². The third-order valence-electron chi connectivity index (χ3n) is 1.72. The molecule has 13 heavy (non-hydrogen) atoms. The molecule has 0 unspecified atom stereocenters. The summed E-state index contributed by atoms with van der Waals surface area (Å²) in [5, 5.41) is 0.454. The highest BCUT2D eigenvalue weighted by Crippen LogP contribution is 2.20. The van der Waals surface area contributed by atoms with Crippen molar-refractivity contribution in [3.63, 3.8) is 0 Å². The topological polar surface area (TPSA) is 17.1 Å². The standard InChI is InChI=1S/C9H7BrClFO/c1-5-7(11)2-6(3-8(5)12)9(13)4-10/h2-3H,4H2,1H3. The van der Waals surface area contributed by atoms with E-state index >= 15 is 0 Å². The van der Waals surface area contributed by atoms with Crippen LogP contribution < -0.4 is 0 Å². The fourth-order valence-electron chi connectivity index (χ4n) is 0.883. The summed E-state index contributed by atoms with van der Waals surface area (Å²) in [7, 11) is 0. The second-order valence-corrected chi connectivity index (χ2v) is 3.59. The zero-order chi connectivity index (χ0) is 10.0. The van der Waals surface area contributed by atoms with Crippen LogP contribution in [0.3, 0.4) is 0 Å². The molecule has 0 saturated heterocycles. The van der Waals surface area contributed by atoms with Crippen molar-refractivity contribution >= 4 is 33.3 Å². The predicted molar refractivity (Wildman–Crippen MR) is 54.3 cm³/mol. The monoisotopic (exact) mass is 264 g/mol. The van der Waals surface area contributed by atoms with Crippen LogP contribution in [-0.4, -0.2) is 11.1 Å².